The molecule has 0 spiro atoms. The van der Waals surface area contributed by atoms with Crippen molar-refractivity contribution in [1.82, 2.24) is 14.9 Å². The molecular formula is C12H21N3O. The summed E-state index contributed by atoms with van der Waals surface area (Å²) >= 11 is 0. The number of aromatic nitrogens is 2. The lowest BCUT2D eigenvalue weighted by atomic mass is 9.86. The van der Waals surface area contributed by atoms with E-state index in [1.165, 1.54) is 6.33 Å². The number of likely N-dealkylation sites (N-methyl/N-ethyl adjacent to an activating group) is 1. The van der Waals surface area contributed by atoms with Gasteiger partial charge in [0.15, 0.2) is 0 Å². The van der Waals surface area contributed by atoms with Crippen LogP contribution in [0.5, 0.6) is 0 Å². The Morgan fingerprint density at radius 2 is 1.88 bits per heavy atom. The predicted octanol–water partition coefficient (Wildman–Crippen LogP) is 1.32. The predicted molar refractivity (Wildman–Crippen MR) is 63.8 cm³/mol. The number of aliphatic hydroxyl groups excluding tert-OH is 1. The molecule has 0 amide bonds. The topological polar surface area (TPSA) is 49.2 Å². The van der Waals surface area contributed by atoms with E-state index in [1.807, 2.05) is 7.05 Å². The van der Waals surface area contributed by atoms with Gasteiger partial charge in [0.25, 0.3) is 0 Å². The van der Waals surface area contributed by atoms with E-state index in [0.29, 0.717) is 0 Å². The Balaban J connectivity index is 2.67. The van der Waals surface area contributed by atoms with E-state index in [-0.39, 0.29) is 18.1 Å². The Morgan fingerprint density at radius 1 is 1.31 bits per heavy atom. The third-order valence-electron chi connectivity index (χ3n) is 2.75. The first-order valence-electron chi connectivity index (χ1n) is 5.50. The number of aliphatic hydroxyl groups is 1. The lowest BCUT2D eigenvalue weighted by molar-refractivity contribution is 0.0613. The maximum Gasteiger partial charge on any atom is 0.115 e. The summed E-state index contributed by atoms with van der Waals surface area (Å²) in [6.07, 6.45) is 5.14. The molecule has 0 radical (unpaired) electrons. The molecule has 4 heteroatoms. The highest BCUT2D eigenvalue weighted by Crippen LogP contribution is 2.24. The Bertz CT molecular complexity index is 308. The molecule has 90 valence electrons. The number of hydrogen-bond donors (Lipinski definition) is 1. The van der Waals surface area contributed by atoms with Gasteiger partial charge in [-0.2, -0.15) is 0 Å². The molecule has 16 heavy (non-hydrogen) atoms. The van der Waals surface area contributed by atoms with Gasteiger partial charge in [0.2, 0.25) is 0 Å². The van der Waals surface area contributed by atoms with E-state index >= 15 is 0 Å². The normalized spacial score (nSPS) is 14.1. The molecule has 0 aromatic carbocycles. The number of nitrogens with zero attached hydrogens (tertiary/aromatic N) is 3. The van der Waals surface area contributed by atoms with E-state index in [1.54, 1.807) is 12.4 Å². The molecule has 1 aromatic heterocycles. The van der Waals surface area contributed by atoms with Gasteiger partial charge in [-0.05, 0) is 12.5 Å². The molecule has 4 nitrogen and oxygen atoms in total. The fraction of sp³-hybridized carbons (Fsp3) is 0.667. The van der Waals surface area contributed by atoms with Crippen LogP contribution in [0, 0.1) is 5.41 Å². The monoisotopic (exact) mass is 223 g/mol. The van der Waals surface area contributed by atoms with E-state index in [2.05, 4.69) is 35.6 Å². The van der Waals surface area contributed by atoms with Gasteiger partial charge in [0.05, 0.1) is 6.61 Å². The lowest BCUT2D eigenvalue weighted by Gasteiger charge is -2.36. The Kier molecular flexibility index (Phi) is 4.38. The molecule has 0 saturated carbocycles. The van der Waals surface area contributed by atoms with Crippen molar-refractivity contribution < 1.29 is 5.11 Å². The van der Waals surface area contributed by atoms with Crippen LogP contribution in [0.4, 0.5) is 0 Å². The van der Waals surface area contributed by atoms with Crippen molar-refractivity contribution in [2.45, 2.75) is 33.4 Å². The van der Waals surface area contributed by atoms with Gasteiger partial charge < -0.3 is 5.11 Å². The minimum atomic E-state index is 0.0547. The molecule has 0 aliphatic heterocycles. The van der Waals surface area contributed by atoms with Crippen molar-refractivity contribution in [3.8, 4) is 0 Å². The summed E-state index contributed by atoms with van der Waals surface area (Å²) in [7, 11) is 2.01. The molecule has 0 aliphatic carbocycles. The Morgan fingerprint density at radius 3 is 2.31 bits per heavy atom. The molecule has 1 unspecified atom stereocenters. The first kappa shape index (κ1) is 13.1. The van der Waals surface area contributed by atoms with E-state index in [0.717, 1.165) is 12.1 Å². The molecule has 0 saturated heterocycles. The summed E-state index contributed by atoms with van der Waals surface area (Å²) in [5.41, 5.74) is 1.12. The molecule has 1 N–H and O–H groups in total. The number of hydrogen-bond acceptors (Lipinski definition) is 4. The van der Waals surface area contributed by atoms with Crippen molar-refractivity contribution in [3.63, 3.8) is 0 Å². The second kappa shape index (κ2) is 5.37. The van der Waals surface area contributed by atoms with Crippen LogP contribution in [0.25, 0.3) is 0 Å². The lowest BCUT2D eigenvalue weighted by Crippen LogP contribution is -2.43. The van der Waals surface area contributed by atoms with Crippen molar-refractivity contribution in [2.24, 2.45) is 5.41 Å². The molecule has 0 fully saturated rings. The first-order chi connectivity index (χ1) is 7.45. The van der Waals surface area contributed by atoms with Gasteiger partial charge in [-0.15, -0.1) is 0 Å². The second-order valence-corrected chi connectivity index (χ2v) is 5.23. The van der Waals surface area contributed by atoms with Crippen LogP contribution in [-0.2, 0) is 6.54 Å². The highest BCUT2D eigenvalue weighted by Gasteiger charge is 2.27. The summed E-state index contributed by atoms with van der Waals surface area (Å²) in [5.74, 6) is 0. The van der Waals surface area contributed by atoms with Crippen LogP contribution in [0.15, 0.2) is 18.7 Å². The molecule has 1 rings (SSSR count). The number of rotatable bonds is 4. The summed E-state index contributed by atoms with van der Waals surface area (Å²) < 4.78 is 0. The third kappa shape index (κ3) is 3.54. The Labute approximate surface area is 97.3 Å². The van der Waals surface area contributed by atoms with Crippen LogP contribution in [0.1, 0.15) is 26.3 Å². The highest BCUT2D eigenvalue weighted by atomic mass is 16.3. The standard InChI is InChI=1S/C12H21N3O/c1-12(2,3)11(8-16)15(4)7-10-5-13-9-14-6-10/h5-6,9,11,16H,7-8H2,1-4H3. The molecule has 1 heterocycles. The summed E-state index contributed by atoms with van der Waals surface area (Å²) in [4.78, 5) is 10.1. The molecule has 0 aliphatic rings. The fourth-order valence-electron chi connectivity index (χ4n) is 1.88. The largest absolute Gasteiger partial charge is 0.395 e. The fourth-order valence-corrected chi connectivity index (χ4v) is 1.88. The van der Waals surface area contributed by atoms with Gasteiger partial charge in [0.1, 0.15) is 6.33 Å². The van der Waals surface area contributed by atoms with Crippen LogP contribution in [0.3, 0.4) is 0 Å². The average Bonchev–Trinajstić information content (AvgIpc) is 2.17. The zero-order valence-electron chi connectivity index (χ0n) is 10.5. The zero-order valence-corrected chi connectivity index (χ0v) is 10.5. The molecular weight excluding hydrogens is 202 g/mol. The maximum absolute atomic E-state index is 9.44. The van der Waals surface area contributed by atoms with Crippen LogP contribution in [0.2, 0.25) is 0 Å². The summed E-state index contributed by atoms with van der Waals surface area (Å²) in [5, 5.41) is 9.44. The average molecular weight is 223 g/mol. The molecule has 1 atom stereocenters. The maximum atomic E-state index is 9.44. The van der Waals surface area contributed by atoms with Gasteiger partial charge in [-0.3, -0.25) is 4.90 Å². The molecule has 0 bridgehead atoms. The van der Waals surface area contributed by atoms with Crippen molar-refractivity contribution in [3.05, 3.63) is 24.3 Å². The zero-order chi connectivity index (χ0) is 12.2. The summed E-state index contributed by atoms with van der Waals surface area (Å²) in [6.45, 7) is 7.31. The van der Waals surface area contributed by atoms with Crippen LogP contribution < -0.4 is 0 Å². The van der Waals surface area contributed by atoms with Gasteiger partial charge in [-0.1, -0.05) is 20.8 Å². The van der Waals surface area contributed by atoms with Crippen molar-refractivity contribution in [1.29, 1.82) is 0 Å². The van der Waals surface area contributed by atoms with Crippen molar-refractivity contribution >= 4 is 0 Å². The SMILES string of the molecule is CN(Cc1cncnc1)C(CO)C(C)(C)C. The van der Waals surface area contributed by atoms with E-state index < -0.39 is 0 Å². The van der Waals surface area contributed by atoms with Gasteiger partial charge in [0, 0.05) is 30.5 Å². The smallest absolute Gasteiger partial charge is 0.115 e. The second-order valence-electron chi connectivity index (χ2n) is 5.23. The highest BCUT2D eigenvalue weighted by molar-refractivity contribution is 5.02. The summed E-state index contributed by atoms with van der Waals surface area (Å²) in [6, 6.07) is 0.132. The van der Waals surface area contributed by atoms with E-state index in [9.17, 15) is 5.11 Å². The molecule has 1 aromatic rings. The first-order valence-corrected chi connectivity index (χ1v) is 5.50. The minimum Gasteiger partial charge on any atom is -0.395 e. The quantitative estimate of drug-likeness (QED) is 0.836. The Hall–Kier alpha value is -1.00. The van der Waals surface area contributed by atoms with Gasteiger partial charge in [-0.25, -0.2) is 9.97 Å². The minimum absolute atomic E-state index is 0.0547. The van der Waals surface area contributed by atoms with Crippen molar-refractivity contribution in [2.75, 3.05) is 13.7 Å². The third-order valence-corrected chi connectivity index (χ3v) is 2.75. The van der Waals surface area contributed by atoms with Crippen LogP contribution >= 0.6 is 0 Å². The van der Waals surface area contributed by atoms with Gasteiger partial charge >= 0.3 is 0 Å². The van der Waals surface area contributed by atoms with Crippen LogP contribution in [-0.4, -0.2) is 39.7 Å². The van der Waals surface area contributed by atoms with E-state index in [4.69, 9.17) is 0 Å².